The van der Waals surface area contributed by atoms with Gasteiger partial charge in [0, 0.05) is 12.7 Å². The number of aromatic nitrogens is 2. The van der Waals surface area contributed by atoms with Crippen molar-refractivity contribution in [2.24, 2.45) is 11.7 Å². The lowest BCUT2D eigenvalue weighted by Gasteiger charge is -2.18. The minimum absolute atomic E-state index is 0.0343. The van der Waals surface area contributed by atoms with E-state index in [4.69, 9.17) is 5.73 Å². The molecule has 0 radical (unpaired) electrons. The van der Waals surface area contributed by atoms with Crippen LogP contribution in [0.5, 0.6) is 0 Å². The first kappa shape index (κ1) is 11.6. The number of aryl methyl sites for hydroxylation is 1. The summed E-state index contributed by atoms with van der Waals surface area (Å²) in [6.45, 7) is 2.83. The van der Waals surface area contributed by atoms with Crippen LogP contribution in [0.4, 0.5) is 0 Å². The topological polar surface area (TPSA) is 78.0 Å². The highest BCUT2D eigenvalue weighted by Crippen LogP contribution is 2.29. The lowest BCUT2D eigenvalue weighted by Crippen LogP contribution is -2.24. The van der Waals surface area contributed by atoms with Crippen LogP contribution in [0.25, 0.3) is 0 Å². The molecule has 0 aromatic carbocycles. The van der Waals surface area contributed by atoms with E-state index in [1.165, 1.54) is 0 Å². The van der Waals surface area contributed by atoms with Crippen molar-refractivity contribution >= 4 is 9.84 Å². The van der Waals surface area contributed by atoms with Gasteiger partial charge < -0.3 is 10.3 Å². The third kappa shape index (κ3) is 2.12. The van der Waals surface area contributed by atoms with Gasteiger partial charge in [0.1, 0.15) is 0 Å². The van der Waals surface area contributed by atoms with Crippen molar-refractivity contribution in [1.82, 2.24) is 9.55 Å². The summed E-state index contributed by atoms with van der Waals surface area (Å²) in [7, 11) is -2.86. The number of hydrogen-bond donors (Lipinski definition) is 1. The standard InChI is InChI=1S/C10H17N3O2S/c1-2-13-7-12-5-9(13)10(11)8-3-4-16(14,15)6-8/h5,7-8,10H,2-4,6,11H2,1H3. The number of rotatable bonds is 3. The summed E-state index contributed by atoms with van der Waals surface area (Å²) in [5.41, 5.74) is 7.05. The summed E-state index contributed by atoms with van der Waals surface area (Å²) in [5, 5.41) is 0. The van der Waals surface area contributed by atoms with Crippen LogP contribution in [0.1, 0.15) is 25.1 Å². The quantitative estimate of drug-likeness (QED) is 0.830. The van der Waals surface area contributed by atoms with Gasteiger partial charge in [0.2, 0.25) is 0 Å². The van der Waals surface area contributed by atoms with E-state index in [1.807, 2.05) is 11.5 Å². The van der Waals surface area contributed by atoms with Gasteiger partial charge in [-0.3, -0.25) is 0 Å². The second kappa shape index (κ2) is 4.18. The fourth-order valence-corrected chi connectivity index (χ4v) is 4.08. The Morgan fingerprint density at radius 2 is 2.44 bits per heavy atom. The smallest absolute Gasteiger partial charge is 0.150 e. The van der Waals surface area contributed by atoms with Gasteiger partial charge in [-0.15, -0.1) is 0 Å². The summed E-state index contributed by atoms with van der Waals surface area (Å²) in [6, 6.07) is -0.222. The fraction of sp³-hybridized carbons (Fsp3) is 0.700. The highest BCUT2D eigenvalue weighted by molar-refractivity contribution is 7.91. The molecule has 1 fully saturated rings. The first-order valence-electron chi connectivity index (χ1n) is 5.49. The Balaban J connectivity index is 2.17. The van der Waals surface area contributed by atoms with E-state index in [1.54, 1.807) is 12.5 Å². The van der Waals surface area contributed by atoms with Crippen molar-refractivity contribution in [3.63, 3.8) is 0 Å². The Hall–Kier alpha value is -0.880. The summed E-state index contributed by atoms with van der Waals surface area (Å²) in [5.74, 6) is 0.515. The molecule has 6 heteroatoms. The molecule has 1 aliphatic rings. The molecule has 0 aliphatic carbocycles. The summed E-state index contributed by atoms with van der Waals surface area (Å²) >= 11 is 0. The van der Waals surface area contributed by atoms with E-state index in [0.29, 0.717) is 6.42 Å². The Morgan fingerprint density at radius 3 is 3.00 bits per heavy atom. The molecule has 2 rings (SSSR count). The Morgan fingerprint density at radius 1 is 1.69 bits per heavy atom. The molecule has 90 valence electrons. The average Bonchev–Trinajstić information content (AvgIpc) is 2.82. The maximum atomic E-state index is 11.4. The zero-order valence-corrected chi connectivity index (χ0v) is 10.2. The molecule has 16 heavy (non-hydrogen) atoms. The molecule has 0 bridgehead atoms. The SMILES string of the molecule is CCn1cncc1C(N)C1CCS(=O)(=O)C1. The molecule has 1 aromatic rings. The number of nitrogens with zero attached hydrogens (tertiary/aromatic N) is 2. The Labute approximate surface area is 95.6 Å². The van der Waals surface area contributed by atoms with Crippen LogP contribution in [0.15, 0.2) is 12.5 Å². The van der Waals surface area contributed by atoms with Crippen molar-refractivity contribution < 1.29 is 8.42 Å². The summed E-state index contributed by atoms with van der Waals surface area (Å²) in [4.78, 5) is 4.06. The van der Waals surface area contributed by atoms with Gasteiger partial charge >= 0.3 is 0 Å². The molecule has 0 saturated carbocycles. The van der Waals surface area contributed by atoms with Crippen LogP contribution in [-0.2, 0) is 16.4 Å². The van der Waals surface area contributed by atoms with E-state index < -0.39 is 9.84 Å². The van der Waals surface area contributed by atoms with Crippen molar-refractivity contribution in [2.75, 3.05) is 11.5 Å². The first-order valence-corrected chi connectivity index (χ1v) is 7.31. The zero-order valence-electron chi connectivity index (χ0n) is 9.33. The summed E-state index contributed by atoms with van der Waals surface area (Å²) in [6.07, 6.45) is 4.14. The maximum absolute atomic E-state index is 11.4. The van der Waals surface area contributed by atoms with Gasteiger partial charge in [0.25, 0.3) is 0 Å². The Kier molecular flexibility index (Phi) is 3.03. The molecule has 2 unspecified atom stereocenters. The van der Waals surface area contributed by atoms with Crippen molar-refractivity contribution in [1.29, 1.82) is 0 Å². The van der Waals surface area contributed by atoms with E-state index in [2.05, 4.69) is 4.98 Å². The first-order chi connectivity index (χ1) is 7.53. The predicted octanol–water partition coefficient (Wildman–Crippen LogP) is 0.338. The predicted molar refractivity (Wildman–Crippen MR) is 61.6 cm³/mol. The van der Waals surface area contributed by atoms with Gasteiger partial charge in [-0.2, -0.15) is 0 Å². The third-order valence-electron chi connectivity index (χ3n) is 3.20. The number of imidazole rings is 1. The molecule has 2 atom stereocenters. The highest BCUT2D eigenvalue weighted by atomic mass is 32.2. The Bertz CT molecular complexity index is 466. The van der Waals surface area contributed by atoms with E-state index in [-0.39, 0.29) is 23.5 Å². The van der Waals surface area contributed by atoms with Gasteiger partial charge in [0.15, 0.2) is 9.84 Å². The van der Waals surface area contributed by atoms with Gasteiger partial charge in [0.05, 0.1) is 29.6 Å². The number of hydrogen-bond acceptors (Lipinski definition) is 4. The van der Waals surface area contributed by atoms with Gasteiger partial charge in [-0.1, -0.05) is 0 Å². The molecule has 1 saturated heterocycles. The lowest BCUT2D eigenvalue weighted by molar-refractivity contribution is 0.454. The molecule has 2 heterocycles. The average molecular weight is 243 g/mol. The summed E-state index contributed by atoms with van der Waals surface area (Å²) < 4.78 is 24.8. The van der Waals surface area contributed by atoms with E-state index in [9.17, 15) is 8.42 Å². The molecule has 0 spiro atoms. The minimum atomic E-state index is -2.86. The molecule has 2 N–H and O–H groups in total. The molecule has 5 nitrogen and oxygen atoms in total. The van der Waals surface area contributed by atoms with Crippen LogP contribution >= 0.6 is 0 Å². The molecular weight excluding hydrogens is 226 g/mol. The molecule has 1 aromatic heterocycles. The fourth-order valence-electron chi connectivity index (χ4n) is 2.22. The van der Waals surface area contributed by atoms with Gasteiger partial charge in [-0.05, 0) is 19.3 Å². The normalized spacial score (nSPS) is 25.8. The second-order valence-corrected chi connectivity index (χ2v) is 6.52. The number of nitrogens with two attached hydrogens (primary N) is 1. The van der Waals surface area contributed by atoms with Crippen LogP contribution in [0.3, 0.4) is 0 Å². The van der Waals surface area contributed by atoms with Crippen LogP contribution in [0, 0.1) is 5.92 Å². The third-order valence-corrected chi connectivity index (χ3v) is 5.00. The van der Waals surface area contributed by atoms with Crippen molar-refractivity contribution in [3.8, 4) is 0 Å². The van der Waals surface area contributed by atoms with E-state index >= 15 is 0 Å². The minimum Gasteiger partial charge on any atom is -0.333 e. The van der Waals surface area contributed by atoms with Gasteiger partial charge in [-0.25, -0.2) is 13.4 Å². The molecule has 0 amide bonds. The monoisotopic (exact) mass is 243 g/mol. The van der Waals surface area contributed by atoms with Crippen molar-refractivity contribution in [2.45, 2.75) is 25.9 Å². The highest BCUT2D eigenvalue weighted by Gasteiger charge is 2.33. The zero-order chi connectivity index (χ0) is 11.8. The van der Waals surface area contributed by atoms with Crippen LogP contribution in [0.2, 0.25) is 0 Å². The number of sulfone groups is 1. The van der Waals surface area contributed by atoms with Crippen LogP contribution < -0.4 is 5.73 Å². The molecule has 1 aliphatic heterocycles. The second-order valence-electron chi connectivity index (χ2n) is 4.29. The lowest BCUT2D eigenvalue weighted by atomic mass is 9.97. The maximum Gasteiger partial charge on any atom is 0.150 e. The van der Waals surface area contributed by atoms with E-state index in [0.717, 1.165) is 12.2 Å². The largest absolute Gasteiger partial charge is 0.333 e. The molecular formula is C10H17N3O2S. The van der Waals surface area contributed by atoms with Crippen molar-refractivity contribution in [3.05, 3.63) is 18.2 Å². The van der Waals surface area contributed by atoms with Crippen LogP contribution in [-0.4, -0.2) is 29.5 Å².